The molecule has 0 heterocycles. The first-order valence-corrected chi connectivity index (χ1v) is 5.72. The molecule has 0 saturated heterocycles. The normalized spacial score (nSPS) is 14.8. The zero-order valence-corrected chi connectivity index (χ0v) is 10.7. The number of hydrogen-bond acceptors (Lipinski definition) is 4. The van der Waals surface area contributed by atoms with Gasteiger partial charge >= 0.3 is 11.9 Å². The average molecular weight is 274 g/mol. The van der Waals surface area contributed by atoms with E-state index in [1.807, 2.05) is 0 Å². The minimum absolute atomic E-state index is 0.116. The van der Waals surface area contributed by atoms with Crippen molar-refractivity contribution in [3.8, 4) is 0 Å². The smallest absolute Gasteiger partial charge is 0.380 e. The maximum absolute atomic E-state index is 14.1. The summed E-state index contributed by atoms with van der Waals surface area (Å²) in [5, 5.41) is 10.2. The molecule has 1 rings (SSSR count). The topological polar surface area (TPSA) is 55.8 Å². The van der Waals surface area contributed by atoms with Gasteiger partial charge in [0.05, 0.1) is 13.2 Å². The molecule has 0 aliphatic carbocycles. The number of halogens is 2. The van der Waals surface area contributed by atoms with Crippen molar-refractivity contribution in [2.45, 2.75) is 18.4 Å². The molecule has 106 valence electrons. The second kappa shape index (κ2) is 6.08. The molecule has 4 nitrogen and oxygen atoms in total. The van der Waals surface area contributed by atoms with E-state index in [0.29, 0.717) is 0 Å². The highest BCUT2D eigenvalue weighted by Crippen LogP contribution is 2.39. The maximum Gasteiger partial charge on any atom is 0.380 e. The average Bonchev–Trinajstić information content (AvgIpc) is 2.40. The van der Waals surface area contributed by atoms with E-state index in [4.69, 9.17) is 0 Å². The minimum atomic E-state index is -4.11. The van der Waals surface area contributed by atoms with Crippen molar-refractivity contribution in [1.82, 2.24) is 0 Å². The van der Waals surface area contributed by atoms with Gasteiger partial charge in [-0.2, -0.15) is 8.78 Å². The fourth-order valence-electron chi connectivity index (χ4n) is 1.67. The summed E-state index contributed by atoms with van der Waals surface area (Å²) in [4.78, 5) is 11.4. The monoisotopic (exact) mass is 274 g/mol. The van der Waals surface area contributed by atoms with Crippen LogP contribution >= 0.6 is 0 Å². The molecule has 0 bridgehead atoms. The molecule has 6 heteroatoms. The molecule has 1 N–H and O–H groups in total. The fraction of sp³-hybridized carbons (Fsp3) is 0.462. The maximum atomic E-state index is 14.1. The highest BCUT2D eigenvalue weighted by atomic mass is 19.3. The van der Waals surface area contributed by atoms with E-state index in [1.165, 1.54) is 31.2 Å². The Morgan fingerprint density at radius 3 is 2.37 bits per heavy atom. The number of methoxy groups -OCH3 is 1. The van der Waals surface area contributed by atoms with Crippen LogP contribution in [-0.2, 0) is 19.9 Å². The van der Waals surface area contributed by atoms with Crippen molar-refractivity contribution < 1.29 is 28.2 Å². The standard InChI is InChI=1S/C13H16F2O4/c1-3-19-11(16)13(14,15)12(17,9-18-2)10-7-5-4-6-8-10/h4-8,17H,3,9H2,1-2H3. The molecular formula is C13H16F2O4. The number of hydrogen-bond donors (Lipinski definition) is 1. The number of aliphatic hydroxyl groups is 1. The first-order chi connectivity index (χ1) is 8.90. The minimum Gasteiger partial charge on any atom is -0.461 e. The number of carbonyl (C=O) groups is 1. The quantitative estimate of drug-likeness (QED) is 0.802. The molecule has 0 fully saturated rings. The van der Waals surface area contributed by atoms with Crippen LogP contribution in [0.4, 0.5) is 8.78 Å². The third-order valence-corrected chi connectivity index (χ3v) is 2.66. The van der Waals surface area contributed by atoms with Crippen LogP contribution in [0, 0.1) is 0 Å². The van der Waals surface area contributed by atoms with Crippen LogP contribution in [0.2, 0.25) is 0 Å². The Bertz CT molecular complexity index is 422. The van der Waals surface area contributed by atoms with Gasteiger partial charge in [0, 0.05) is 7.11 Å². The summed E-state index contributed by atoms with van der Waals surface area (Å²) < 4.78 is 37.2. The number of esters is 1. The Morgan fingerprint density at radius 1 is 1.32 bits per heavy atom. The van der Waals surface area contributed by atoms with Gasteiger partial charge in [-0.15, -0.1) is 0 Å². The van der Waals surface area contributed by atoms with Crippen molar-refractivity contribution in [1.29, 1.82) is 0 Å². The molecule has 0 aromatic heterocycles. The van der Waals surface area contributed by atoms with Crippen molar-refractivity contribution in [3.63, 3.8) is 0 Å². The molecule has 0 radical (unpaired) electrons. The van der Waals surface area contributed by atoms with E-state index in [1.54, 1.807) is 6.07 Å². The van der Waals surface area contributed by atoms with E-state index in [0.717, 1.165) is 7.11 Å². The number of ether oxygens (including phenoxy) is 2. The van der Waals surface area contributed by atoms with Crippen LogP contribution in [0.1, 0.15) is 12.5 Å². The van der Waals surface area contributed by atoms with Crippen LogP contribution in [0.3, 0.4) is 0 Å². The first-order valence-electron chi connectivity index (χ1n) is 5.72. The van der Waals surface area contributed by atoms with Crippen LogP contribution in [-0.4, -0.2) is 37.3 Å². The van der Waals surface area contributed by atoms with Gasteiger partial charge < -0.3 is 14.6 Å². The van der Waals surface area contributed by atoms with Gasteiger partial charge in [-0.05, 0) is 12.5 Å². The van der Waals surface area contributed by atoms with Crippen molar-refractivity contribution >= 4 is 5.97 Å². The predicted octanol–water partition coefficient (Wildman–Crippen LogP) is 1.72. The van der Waals surface area contributed by atoms with Crippen LogP contribution in [0.15, 0.2) is 30.3 Å². The third kappa shape index (κ3) is 2.90. The number of rotatable bonds is 6. The zero-order chi connectivity index (χ0) is 14.5. The van der Waals surface area contributed by atoms with Gasteiger partial charge in [-0.1, -0.05) is 30.3 Å². The van der Waals surface area contributed by atoms with Crippen LogP contribution in [0.5, 0.6) is 0 Å². The van der Waals surface area contributed by atoms with Gasteiger partial charge in [0.2, 0.25) is 0 Å². The Labute approximate surface area is 109 Å². The molecule has 0 spiro atoms. The van der Waals surface area contributed by atoms with Crippen LogP contribution < -0.4 is 0 Å². The molecule has 19 heavy (non-hydrogen) atoms. The third-order valence-electron chi connectivity index (χ3n) is 2.66. The summed E-state index contributed by atoms with van der Waals surface area (Å²) in [6.45, 7) is 0.473. The largest absolute Gasteiger partial charge is 0.461 e. The molecule has 1 aromatic rings. The molecule has 1 aromatic carbocycles. The van der Waals surface area contributed by atoms with E-state index in [9.17, 15) is 18.7 Å². The summed E-state index contributed by atoms with van der Waals surface area (Å²) in [5.41, 5.74) is -2.88. The highest BCUT2D eigenvalue weighted by Gasteiger charge is 2.60. The van der Waals surface area contributed by atoms with Gasteiger partial charge in [-0.3, -0.25) is 0 Å². The zero-order valence-electron chi connectivity index (χ0n) is 10.7. The SMILES string of the molecule is CCOC(=O)C(F)(F)C(O)(COC)c1ccccc1. The molecule has 1 atom stereocenters. The second-order valence-corrected chi connectivity index (χ2v) is 3.95. The van der Waals surface area contributed by atoms with Crippen molar-refractivity contribution in [2.75, 3.05) is 20.3 Å². The Kier molecular flexibility index (Phi) is 4.97. The first kappa shape index (κ1) is 15.5. The van der Waals surface area contributed by atoms with E-state index < -0.39 is 24.1 Å². The summed E-state index contributed by atoms with van der Waals surface area (Å²) in [7, 11) is 1.16. The van der Waals surface area contributed by atoms with Gasteiger partial charge in [0.15, 0.2) is 5.60 Å². The Balaban J connectivity index is 3.22. The number of alkyl halides is 2. The molecule has 0 amide bonds. The molecule has 0 aliphatic heterocycles. The van der Waals surface area contributed by atoms with Gasteiger partial charge in [0.1, 0.15) is 0 Å². The summed E-state index contributed by atoms with van der Waals surface area (Å²) in [5.74, 6) is -5.89. The Morgan fingerprint density at radius 2 is 1.89 bits per heavy atom. The van der Waals surface area contributed by atoms with Gasteiger partial charge in [0.25, 0.3) is 0 Å². The lowest BCUT2D eigenvalue weighted by Gasteiger charge is -2.33. The fourth-order valence-corrected chi connectivity index (χ4v) is 1.67. The van der Waals surface area contributed by atoms with Crippen LogP contribution in [0.25, 0.3) is 0 Å². The molecular weight excluding hydrogens is 258 g/mol. The summed E-state index contributed by atoms with van der Waals surface area (Å²) in [6, 6.07) is 7.17. The predicted molar refractivity (Wildman–Crippen MR) is 63.8 cm³/mol. The molecule has 1 unspecified atom stereocenters. The Hall–Kier alpha value is -1.53. The van der Waals surface area contributed by atoms with E-state index >= 15 is 0 Å². The lowest BCUT2D eigenvalue weighted by molar-refractivity contribution is -0.228. The van der Waals surface area contributed by atoms with Gasteiger partial charge in [-0.25, -0.2) is 4.79 Å². The summed E-state index contributed by atoms with van der Waals surface area (Å²) >= 11 is 0. The van der Waals surface area contributed by atoms with Crippen molar-refractivity contribution in [3.05, 3.63) is 35.9 Å². The molecule has 0 saturated carbocycles. The molecule has 0 aliphatic rings. The highest BCUT2D eigenvalue weighted by molar-refractivity contribution is 5.79. The lowest BCUT2D eigenvalue weighted by atomic mass is 9.88. The van der Waals surface area contributed by atoms with Crippen molar-refractivity contribution in [2.24, 2.45) is 0 Å². The van der Waals surface area contributed by atoms with E-state index in [-0.39, 0.29) is 12.2 Å². The second-order valence-electron chi connectivity index (χ2n) is 3.95. The number of carbonyl (C=O) groups excluding carboxylic acids is 1. The number of benzene rings is 1. The lowest BCUT2D eigenvalue weighted by Crippen LogP contribution is -2.54. The van der Waals surface area contributed by atoms with E-state index in [2.05, 4.69) is 9.47 Å². The summed E-state index contributed by atoms with van der Waals surface area (Å²) in [6.07, 6.45) is 0.